The second-order valence-corrected chi connectivity index (χ2v) is 7.94. The standard InChI is InChI=1S/C24H28N4O2/c1-18-24(30)28(17-19-8-4-2-5-9-19)22-11-10-20(16-21(22)26-18)23(29)25-12-15-27-13-6-3-7-14-27/h2,4-5,8-11,16H,3,6-7,12-15,17H2,1H3,(H,25,29). The number of aromatic nitrogens is 2. The van der Waals surface area contributed by atoms with Crippen LogP contribution >= 0.6 is 0 Å². The van der Waals surface area contributed by atoms with Crippen molar-refractivity contribution in [2.45, 2.75) is 32.7 Å². The molecule has 0 radical (unpaired) electrons. The van der Waals surface area contributed by atoms with E-state index in [1.807, 2.05) is 36.4 Å². The summed E-state index contributed by atoms with van der Waals surface area (Å²) in [6.45, 7) is 5.95. The summed E-state index contributed by atoms with van der Waals surface area (Å²) < 4.78 is 1.73. The van der Waals surface area contributed by atoms with Crippen molar-refractivity contribution in [2.75, 3.05) is 26.2 Å². The summed E-state index contributed by atoms with van der Waals surface area (Å²) >= 11 is 0. The zero-order valence-electron chi connectivity index (χ0n) is 17.4. The van der Waals surface area contributed by atoms with Gasteiger partial charge in [0.15, 0.2) is 0 Å². The Morgan fingerprint density at radius 3 is 2.60 bits per heavy atom. The zero-order valence-corrected chi connectivity index (χ0v) is 17.4. The van der Waals surface area contributed by atoms with Crippen LogP contribution < -0.4 is 10.9 Å². The number of rotatable bonds is 6. The van der Waals surface area contributed by atoms with E-state index in [-0.39, 0.29) is 11.5 Å². The highest BCUT2D eigenvalue weighted by Crippen LogP contribution is 2.15. The van der Waals surface area contributed by atoms with Crippen LogP contribution in [-0.4, -0.2) is 46.5 Å². The molecule has 1 N–H and O–H groups in total. The second kappa shape index (κ2) is 9.22. The number of fused-ring (bicyclic) bond motifs is 1. The van der Waals surface area contributed by atoms with E-state index in [0.29, 0.717) is 29.9 Å². The number of nitrogens with zero attached hydrogens (tertiary/aromatic N) is 3. The fourth-order valence-electron chi connectivity index (χ4n) is 4.05. The SMILES string of the molecule is Cc1nc2cc(C(=O)NCCN3CCCCC3)ccc2n(Cc2ccccc2)c1=O. The van der Waals surface area contributed by atoms with Gasteiger partial charge < -0.3 is 14.8 Å². The smallest absolute Gasteiger partial charge is 0.272 e. The Bertz CT molecular complexity index is 1090. The number of piperidine rings is 1. The Balaban J connectivity index is 1.52. The summed E-state index contributed by atoms with van der Waals surface area (Å²) in [5, 5.41) is 3.01. The summed E-state index contributed by atoms with van der Waals surface area (Å²) in [7, 11) is 0. The molecule has 1 aliphatic heterocycles. The maximum absolute atomic E-state index is 12.7. The van der Waals surface area contributed by atoms with E-state index in [4.69, 9.17) is 0 Å². The lowest BCUT2D eigenvalue weighted by Gasteiger charge is -2.26. The van der Waals surface area contributed by atoms with Crippen molar-refractivity contribution in [1.29, 1.82) is 0 Å². The summed E-state index contributed by atoms with van der Waals surface area (Å²) in [5.41, 5.74) is 3.33. The van der Waals surface area contributed by atoms with Gasteiger partial charge in [-0.25, -0.2) is 4.98 Å². The molecular weight excluding hydrogens is 376 g/mol. The number of nitrogens with one attached hydrogen (secondary N) is 1. The van der Waals surface area contributed by atoms with Crippen LogP contribution in [0.25, 0.3) is 11.0 Å². The molecular formula is C24H28N4O2. The van der Waals surface area contributed by atoms with Gasteiger partial charge in [0.2, 0.25) is 0 Å². The third-order valence-corrected chi connectivity index (χ3v) is 5.72. The van der Waals surface area contributed by atoms with Crippen LogP contribution in [0, 0.1) is 6.92 Å². The molecule has 2 aromatic carbocycles. The summed E-state index contributed by atoms with van der Waals surface area (Å²) in [5.74, 6) is -0.103. The Kier molecular flexibility index (Phi) is 6.23. The lowest BCUT2D eigenvalue weighted by atomic mass is 10.1. The van der Waals surface area contributed by atoms with Gasteiger partial charge in [-0.3, -0.25) is 9.59 Å². The van der Waals surface area contributed by atoms with Gasteiger partial charge >= 0.3 is 0 Å². The maximum Gasteiger partial charge on any atom is 0.272 e. The Morgan fingerprint density at radius 1 is 1.07 bits per heavy atom. The van der Waals surface area contributed by atoms with Gasteiger partial charge in [0.05, 0.1) is 17.6 Å². The third-order valence-electron chi connectivity index (χ3n) is 5.72. The number of aryl methyl sites for hydroxylation is 1. The molecule has 0 spiro atoms. The largest absolute Gasteiger partial charge is 0.351 e. The van der Waals surface area contributed by atoms with Crippen LogP contribution in [0.2, 0.25) is 0 Å². The van der Waals surface area contributed by atoms with Crippen LogP contribution in [0.1, 0.15) is 40.9 Å². The first kappa shape index (κ1) is 20.3. The number of carbonyl (C=O) groups is 1. The normalized spacial score (nSPS) is 14.7. The molecule has 1 amide bonds. The molecule has 0 unspecified atom stereocenters. The predicted molar refractivity (Wildman–Crippen MR) is 119 cm³/mol. The maximum atomic E-state index is 12.7. The second-order valence-electron chi connectivity index (χ2n) is 7.94. The predicted octanol–water partition coefficient (Wildman–Crippen LogP) is 2.97. The number of carbonyl (C=O) groups excluding carboxylic acids is 1. The Labute approximate surface area is 176 Å². The fraction of sp³-hybridized carbons (Fsp3) is 0.375. The highest BCUT2D eigenvalue weighted by atomic mass is 16.1. The first-order valence-electron chi connectivity index (χ1n) is 10.7. The van der Waals surface area contributed by atoms with E-state index >= 15 is 0 Å². The summed E-state index contributed by atoms with van der Waals surface area (Å²) in [4.78, 5) is 32.2. The van der Waals surface area contributed by atoms with Gasteiger partial charge in [-0.15, -0.1) is 0 Å². The van der Waals surface area contributed by atoms with Crippen molar-refractivity contribution in [3.63, 3.8) is 0 Å². The van der Waals surface area contributed by atoms with E-state index in [9.17, 15) is 9.59 Å². The number of hydrogen-bond donors (Lipinski definition) is 1. The molecule has 1 fully saturated rings. The van der Waals surface area contributed by atoms with Gasteiger partial charge in [-0.05, 0) is 56.6 Å². The lowest BCUT2D eigenvalue weighted by Crippen LogP contribution is -2.37. The molecule has 6 nitrogen and oxygen atoms in total. The van der Waals surface area contributed by atoms with Crippen LogP contribution in [0.3, 0.4) is 0 Å². The quantitative estimate of drug-likeness (QED) is 0.686. The van der Waals surface area contributed by atoms with Crippen LogP contribution in [0.5, 0.6) is 0 Å². The van der Waals surface area contributed by atoms with Crippen LogP contribution in [0.15, 0.2) is 53.3 Å². The third kappa shape index (κ3) is 4.60. The molecule has 0 bridgehead atoms. The minimum atomic E-state index is -0.106. The minimum absolute atomic E-state index is 0.103. The summed E-state index contributed by atoms with van der Waals surface area (Å²) in [6.07, 6.45) is 3.80. The van der Waals surface area contributed by atoms with E-state index in [0.717, 1.165) is 30.7 Å². The molecule has 30 heavy (non-hydrogen) atoms. The molecule has 0 atom stereocenters. The minimum Gasteiger partial charge on any atom is -0.351 e. The molecule has 3 aromatic rings. The van der Waals surface area contributed by atoms with E-state index in [1.165, 1.54) is 19.3 Å². The van der Waals surface area contributed by atoms with Gasteiger partial charge in [-0.2, -0.15) is 0 Å². The Morgan fingerprint density at radius 2 is 1.83 bits per heavy atom. The van der Waals surface area contributed by atoms with E-state index in [1.54, 1.807) is 23.6 Å². The number of hydrogen-bond acceptors (Lipinski definition) is 4. The average molecular weight is 405 g/mol. The van der Waals surface area contributed by atoms with E-state index < -0.39 is 0 Å². The van der Waals surface area contributed by atoms with Crippen molar-refractivity contribution in [2.24, 2.45) is 0 Å². The van der Waals surface area contributed by atoms with Crippen molar-refractivity contribution in [3.8, 4) is 0 Å². The topological polar surface area (TPSA) is 67.2 Å². The van der Waals surface area contributed by atoms with Crippen LogP contribution in [-0.2, 0) is 6.54 Å². The van der Waals surface area contributed by atoms with Gasteiger partial charge in [0.1, 0.15) is 5.69 Å². The molecule has 6 heteroatoms. The van der Waals surface area contributed by atoms with E-state index in [2.05, 4.69) is 15.2 Å². The summed E-state index contributed by atoms with van der Waals surface area (Å²) in [6, 6.07) is 15.3. The molecule has 1 saturated heterocycles. The lowest BCUT2D eigenvalue weighted by molar-refractivity contribution is 0.0946. The number of amides is 1. The molecule has 156 valence electrons. The van der Waals surface area contributed by atoms with Crippen molar-refractivity contribution in [1.82, 2.24) is 19.8 Å². The zero-order chi connectivity index (χ0) is 20.9. The first-order valence-corrected chi connectivity index (χ1v) is 10.7. The molecule has 2 heterocycles. The van der Waals surface area contributed by atoms with Crippen LogP contribution in [0.4, 0.5) is 0 Å². The Hall–Kier alpha value is -2.99. The molecule has 0 aliphatic carbocycles. The fourth-order valence-corrected chi connectivity index (χ4v) is 4.05. The van der Waals surface area contributed by atoms with Crippen molar-refractivity contribution < 1.29 is 4.79 Å². The van der Waals surface area contributed by atoms with Gasteiger partial charge in [0.25, 0.3) is 11.5 Å². The monoisotopic (exact) mass is 404 g/mol. The molecule has 0 saturated carbocycles. The molecule has 4 rings (SSSR count). The first-order chi connectivity index (χ1) is 14.6. The molecule has 1 aromatic heterocycles. The van der Waals surface area contributed by atoms with Gasteiger partial charge in [-0.1, -0.05) is 36.8 Å². The number of likely N-dealkylation sites (tertiary alicyclic amines) is 1. The average Bonchev–Trinajstić information content (AvgIpc) is 2.78. The highest BCUT2D eigenvalue weighted by Gasteiger charge is 2.13. The van der Waals surface area contributed by atoms with Gasteiger partial charge in [0, 0.05) is 18.7 Å². The highest BCUT2D eigenvalue weighted by molar-refractivity contribution is 5.97. The van der Waals surface area contributed by atoms with Crippen molar-refractivity contribution in [3.05, 3.63) is 75.7 Å². The molecule has 1 aliphatic rings. The van der Waals surface area contributed by atoms with Crippen molar-refractivity contribution >= 4 is 16.9 Å². The number of benzene rings is 2.